The highest BCUT2D eigenvalue weighted by Crippen LogP contribution is 2.17. The van der Waals surface area contributed by atoms with Gasteiger partial charge in [0.2, 0.25) is 0 Å². The van der Waals surface area contributed by atoms with Crippen LogP contribution < -0.4 is 10.5 Å². The van der Waals surface area contributed by atoms with Crippen LogP contribution >= 0.6 is 11.6 Å². The maximum atomic E-state index is 12.0. The third-order valence-electron chi connectivity index (χ3n) is 2.13. The SMILES string of the molecule is Nc1ccc(S(=O)Nc2cccc(Cl)c2)cc1. The van der Waals surface area contributed by atoms with E-state index in [1.807, 2.05) is 0 Å². The van der Waals surface area contributed by atoms with Gasteiger partial charge in [0.1, 0.15) is 11.0 Å². The number of rotatable bonds is 3. The Bertz CT molecular complexity index is 542. The van der Waals surface area contributed by atoms with E-state index >= 15 is 0 Å². The van der Waals surface area contributed by atoms with Gasteiger partial charge >= 0.3 is 0 Å². The molecule has 0 aliphatic carbocycles. The molecule has 17 heavy (non-hydrogen) atoms. The van der Waals surface area contributed by atoms with Gasteiger partial charge in [-0.05, 0) is 42.5 Å². The van der Waals surface area contributed by atoms with Crippen LogP contribution in [0.2, 0.25) is 5.02 Å². The highest BCUT2D eigenvalue weighted by Gasteiger charge is 2.03. The topological polar surface area (TPSA) is 55.1 Å². The quantitative estimate of drug-likeness (QED) is 0.839. The van der Waals surface area contributed by atoms with Crippen LogP contribution in [0.3, 0.4) is 0 Å². The summed E-state index contributed by atoms with van der Waals surface area (Å²) in [5.74, 6) is 0. The minimum atomic E-state index is -1.32. The number of nitrogens with two attached hydrogens (primary N) is 1. The molecule has 0 saturated heterocycles. The van der Waals surface area contributed by atoms with Gasteiger partial charge in [0.15, 0.2) is 0 Å². The Balaban J connectivity index is 2.14. The van der Waals surface area contributed by atoms with Gasteiger partial charge in [0.05, 0.1) is 4.90 Å². The molecule has 2 aromatic carbocycles. The monoisotopic (exact) mass is 266 g/mol. The van der Waals surface area contributed by atoms with Crippen molar-refractivity contribution in [2.75, 3.05) is 10.5 Å². The molecule has 0 fully saturated rings. The molecule has 0 bridgehead atoms. The Morgan fingerprint density at radius 3 is 2.47 bits per heavy atom. The molecule has 0 aliphatic heterocycles. The Kier molecular flexibility index (Phi) is 3.66. The average Bonchev–Trinajstić information content (AvgIpc) is 2.29. The first-order chi connectivity index (χ1) is 8.15. The lowest BCUT2D eigenvalue weighted by atomic mass is 10.3. The van der Waals surface area contributed by atoms with E-state index in [0.717, 1.165) is 0 Å². The van der Waals surface area contributed by atoms with Gasteiger partial charge in [-0.3, -0.25) is 0 Å². The number of halogens is 1. The number of hydrogen-bond acceptors (Lipinski definition) is 2. The second kappa shape index (κ2) is 5.21. The first kappa shape index (κ1) is 12.0. The average molecular weight is 267 g/mol. The van der Waals surface area contributed by atoms with Crippen molar-refractivity contribution in [1.29, 1.82) is 0 Å². The zero-order valence-corrected chi connectivity index (χ0v) is 10.5. The van der Waals surface area contributed by atoms with Crippen LogP contribution in [0.15, 0.2) is 53.4 Å². The molecule has 2 rings (SSSR count). The number of benzene rings is 2. The minimum Gasteiger partial charge on any atom is -0.399 e. The number of hydrogen-bond donors (Lipinski definition) is 2. The third-order valence-corrected chi connectivity index (χ3v) is 3.49. The zero-order chi connectivity index (χ0) is 12.3. The Hall–Kier alpha value is -1.52. The van der Waals surface area contributed by atoms with E-state index in [-0.39, 0.29) is 0 Å². The van der Waals surface area contributed by atoms with Crippen molar-refractivity contribution >= 4 is 34.0 Å². The molecule has 2 aromatic rings. The Morgan fingerprint density at radius 2 is 1.82 bits per heavy atom. The lowest BCUT2D eigenvalue weighted by molar-refractivity contribution is 0.686. The Morgan fingerprint density at radius 1 is 1.12 bits per heavy atom. The summed E-state index contributed by atoms with van der Waals surface area (Å²) in [5.41, 5.74) is 6.92. The molecule has 3 N–H and O–H groups in total. The van der Waals surface area contributed by atoms with Crippen molar-refractivity contribution in [3.8, 4) is 0 Å². The van der Waals surface area contributed by atoms with Gasteiger partial charge in [-0.2, -0.15) is 0 Å². The molecule has 0 saturated carbocycles. The van der Waals surface area contributed by atoms with Crippen molar-refractivity contribution in [3.05, 3.63) is 53.6 Å². The van der Waals surface area contributed by atoms with Crippen molar-refractivity contribution < 1.29 is 4.21 Å². The van der Waals surface area contributed by atoms with Crippen molar-refractivity contribution in [3.63, 3.8) is 0 Å². The molecule has 0 radical (unpaired) electrons. The lowest BCUT2D eigenvalue weighted by Gasteiger charge is -2.06. The summed E-state index contributed by atoms with van der Waals surface area (Å²) in [4.78, 5) is 0.666. The molecule has 0 aliphatic rings. The van der Waals surface area contributed by atoms with E-state index < -0.39 is 11.0 Å². The molecular formula is C12H11ClN2OS. The smallest absolute Gasteiger partial charge is 0.150 e. The molecule has 1 unspecified atom stereocenters. The van der Waals surface area contributed by atoms with Crippen LogP contribution in [0.4, 0.5) is 11.4 Å². The third kappa shape index (κ3) is 3.22. The number of nitrogens with one attached hydrogen (secondary N) is 1. The summed E-state index contributed by atoms with van der Waals surface area (Å²) in [6, 6.07) is 14.0. The maximum absolute atomic E-state index is 12.0. The number of anilines is 2. The fraction of sp³-hybridized carbons (Fsp3) is 0. The predicted molar refractivity (Wildman–Crippen MR) is 72.3 cm³/mol. The zero-order valence-electron chi connectivity index (χ0n) is 8.89. The van der Waals surface area contributed by atoms with Crippen LogP contribution in [-0.2, 0) is 11.0 Å². The minimum absolute atomic E-state index is 0.601. The van der Waals surface area contributed by atoms with Crippen molar-refractivity contribution in [2.24, 2.45) is 0 Å². The molecule has 3 nitrogen and oxygen atoms in total. The molecule has 0 amide bonds. The highest BCUT2D eigenvalue weighted by atomic mass is 35.5. The van der Waals surface area contributed by atoms with Gasteiger partial charge in [-0.25, -0.2) is 4.21 Å². The maximum Gasteiger partial charge on any atom is 0.150 e. The fourth-order valence-corrected chi connectivity index (χ4v) is 2.34. The molecular weight excluding hydrogens is 256 g/mol. The highest BCUT2D eigenvalue weighted by molar-refractivity contribution is 7.86. The van der Waals surface area contributed by atoms with E-state index in [1.165, 1.54) is 0 Å². The van der Waals surface area contributed by atoms with Gasteiger partial charge in [-0.15, -0.1) is 0 Å². The first-order valence-corrected chi connectivity index (χ1v) is 6.47. The van der Waals surface area contributed by atoms with Crippen molar-refractivity contribution in [2.45, 2.75) is 4.90 Å². The van der Waals surface area contributed by atoms with E-state index in [0.29, 0.717) is 21.3 Å². The molecule has 88 valence electrons. The number of nitrogen functional groups attached to an aromatic ring is 1. The summed E-state index contributed by atoms with van der Waals surface area (Å²) in [6.45, 7) is 0. The second-order valence-electron chi connectivity index (χ2n) is 3.45. The van der Waals surface area contributed by atoms with Crippen LogP contribution in [0.5, 0.6) is 0 Å². The fourth-order valence-electron chi connectivity index (χ4n) is 1.31. The van der Waals surface area contributed by atoms with E-state index in [9.17, 15) is 4.21 Å². The normalized spacial score (nSPS) is 12.1. The Labute approximate surface area is 107 Å². The summed E-state index contributed by atoms with van der Waals surface area (Å²) in [6.07, 6.45) is 0. The van der Waals surface area contributed by atoms with E-state index in [2.05, 4.69) is 4.72 Å². The second-order valence-corrected chi connectivity index (χ2v) is 5.10. The van der Waals surface area contributed by atoms with Gasteiger partial charge in [0.25, 0.3) is 0 Å². The van der Waals surface area contributed by atoms with Crippen molar-refractivity contribution in [1.82, 2.24) is 0 Å². The lowest BCUT2D eigenvalue weighted by Crippen LogP contribution is -2.04. The summed E-state index contributed by atoms with van der Waals surface area (Å²) in [5, 5.41) is 0.601. The van der Waals surface area contributed by atoms with Crippen LogP contribution in [-0.4, -0.2) is 4.21 Å². The van der Waals surface area contributed by atoms with E-state index in [4.69, 9.17) is 17.3 Å². The molecule has 0 heterocycles. The predicted octanol–water partition coefficient (Wildman–Crippen LogP) is 3.06. The first-order valence-electron chi connectivity index (χ1n) is 4.95. The standard InChI is InChI=1S/C12H11ClN2OS/c13-9-2-1-3-11(8-9)15-17(16)12-6-4-10(14)5-7-12/h1-8,15H,14H2. The summed E-state index contributed by atoms with van der Waals surface area (Å²) < 4.78 is 14.8. The van der Waals surface area contributed by atoms with Gasteiger partial charge in [-0.1, -0.05) is 17.7 Å². The molecule has 1 atom stereocenters. The van der Waals surface area contributed by atoms with Crippen LogP contribution in [0.1, 0.15) is 0 Å². The van der Waals surface area contributed by atoms with Crippen LogP contribution in [0, 0.1) is 0 Å². The molecule has 0 spiro atoms. The largest absolute Gasteiger partial charge is 0.399 e. The van der Waals surface area contributed by atoms with Gasteiger partial charge in [0, 0.05) is 16.4 Å². The molecule has 0 aromatic heterocycles. The summed E-state index contributed by atoms with van der Waals surface area (Å²) in [7, 11) is -1.32. The summed E-state index contributed by atoms with van der Waals surface area (Å²) >= 11 is 5.84. The molecule has 5 heteroatoms. The van der Waals surface area contributed by atoms with E-state index in [1.54, 1.807) is 48.5 Å². The van der Waals surface area contributed by atoms with Crippen LogP contribution in [0.25, 0.3) is 0 Å². The van der Waals surface area contributed by atoms with Gasteiger partial charge < -0.3 is 10.5 Å².